The smallest absolute Gasteiger partial charge is 0.308 e. The summed E-state index contributed by atoms with van der Waals surface area (Å²) in [5.74, 6) is 1.06. The van der Waals surface area contributed by atoms with Crippen LogP contribution in [0.2, 0.25) is 0 Å². The predicted molar refractivity (Wildman–Crippen MR) is 60.0 cm³/mol. The zero-order valence-electron chi connectivity index (χ0n) is 8.60. The zero-order valence-corrected chi connectivity index (χ0v) is 10.1. The third-order valence-electron chi connectivity index (χ3n) is 1.99. The molecule has 0 saturated carbocycles. The summed E-state index contributed by atoms with van der Waals surface area (Å²) in [6, 6.07) is 0. The fourth-order valence-electron chi connectivity index (χ4n) is 1.29. The van der Waals surface area contributed by atoms with E-state index < -0.39 is 0 Å². The number of esters is 1. The number of ether oxygens (including phenoxy) is 1. The van der Waals surface area contributed by atoms with Gasteiger partial charge in [0.25, 0.3) is 0 Å². The minimum atomic E-state index is -0.109. The third kappa shape index (κ3) is 6.50. The van der Waals surface area contributed by atoms with Crippen molar-refractivity contribution < 1.29 is 9.53 Å². The Morgan fingerprint density at radius 3 is 2.07 bits per heavy atom. The Labute approximate surface area is 95.9 Å². The molecule has 0 aromatic heterocycles. The van der Waals surface area contributed by atoms with Crippen LogP contribution in [0.15, 0.2) is 0 Å². The number of carbonyl (C=O) groups is 1. The van der Waals surface area contributed by atoms with Gasteiger partial charge in [0.2, 0.25) is 0 Å². The van der Waals surface area contributed by atoms with Gasteiger partial charge in [-0.2, -0.15) is 0 Å². The van der Waals surface area contributed by atoms with Crippen LogP contribution in [0.5, 0.6) is 0 Å². The largest absolute Gasteiger partial charge is 0.466 e. The molecule has 0 fully saturated rings. The Balaban J connectivity index is 3.88. The second kappa shape index (κ2) is 9.60. The second-order valence-corrected chi connectivity index (χ2v) is 3.87. The van der Waals surface area contributed by atoms with Crippen molar-refractivity contribution in [1.82, 2.24) is 0 Å². The van der Waals surface area contributed by atoms with Crippen molar-refractivity contribution in [3.63, 3.8) is 0 Å². The summed E-state index contributed by atoms with van der Waals surface area (Å²) in [5, 5.41) is 0. The number of rotatable bonds is 8. The predicted octanol–water partition coefficient (Wildman–Crippen LogP) is 3.20. The van der Waals surface area contributed by atoms with Crippen LogP contribution in [0.3, 0.4) is 0 Å². The molecule has 0 aromatic carbocycles. The molecule has 2 nitrogen and oxygen atoms in total. The van der Waals surface area contributed by atoms with E-state index in [9.17, 15) is 4.79 Å². The van der Waals surface area contributed by atoms with Crippen molar-refractivity contribution in [2.75, 3.05) is 18.4 Å². The number of alkyl halides is 2. The first-order valence-corrected chi connectivity index (χ1v) is 6.11. The molecule has 0 aliphatic heterocycles. The zero-order chi connectivity index (χ0) is 10.8. The highest BCUT2D eigenvalue weighted by Crippen LogP contribution is 2.16. The highest BCUT2D eigenvalue weighted by atomic mass is 35.5. The highest BCUT2D eigenvalue weighted by molar-refractivity contribution is 6.18. The Bertz CT molecular complexity index is 143. The molecule has 0 aromatic rings. The number of hydrogen-bond acceptors (Lipinski definition) is 2. The second-order valence-electron chi connectivity index (χ2n) is 3.11. The van der Waals surface area contributed by atoms with Gasteiger partial charge < -0.3 is 4.74 Å². The summed E-state index contributed by atoms with van der Waals surface area (Å²) in [4.78, 5) is 11.4. The SMILES string of the molecule is CCOC(=O)C(CCCCl)CCCCl. The van der Waals surface area contributed by atoms with Crippen LogP contribution >= 0.6 is 23.2 Å². The van der Waals surface area contributed by atoms with Crippen molar-refractivity contribution in [3.8, 4) is 0 Å². The summed E-state index contributed by atoms with van der Waals surface area (Å²) in [6.45, 7) is 2.26. The summed E-state index contributed by atoms with van der Waals surface area (Å²) >= 11 is 11.2. The minimum Gasteiger partial charge on any atom is -0.466 e. The molecule has 84 valence electrons. The minimum absolute atomic E-state index is 0.0209. The van der Waals surface area contributed by atoms with E-state index in [0.717, 1.165) is 25.7 Å². The lowest BCUT2D eigenvalue weighted by atomic mass is 9.98. The van der Waals surface area contributed by atoms with Crippen LogP contribution in [0.25, 0.3) is 0 Å². The monoisotopic (exact) mass is 240 g/mol. The van der Waals surface area contributed by atoms with Gasteiger partial charge in [-0.1, -0.05) is 0 Å². The van der Waals surface area contributed by atoms with Gasteiger partial charge in [-0.05, 0) is 32.6 Å². The van der Waals surface area contributed by atoms with Gasteiger partial charge >= 0.3 is 5.97 Å². The number of halogens is 2. The van der Waals surface area contributed by atoms with E-state index in [1.807, 2.05) is 6.92 Å². The molecule has 0 radical (unpaired) electrons. The van der Waals surface area contributed by atoms with Gasteiger partial charge in [-0.3, -0.25) is 4.79 Å². The van der Waals surface area contributed by atoms with Gasteiger partial charge in [-0.25, -0.2) is 0 Å². The molecule has 0 atom stereocenters. The van der Waals surface area contributed by atoms with Crippen LogP contribution in [0.4, 0.5) is 0 Å². The van der Waals surface area contributed by atoms with Gasteiger partial charge in [0.05, 0.1) is 12.5 Å². The molecule has 0 N–H and O–H groups in total. The number of carbonyl (C=O) groups excluding carboxylic acids is 1. The van der Waals surface area contributed by atoms with E-state index >= 15 is 0 Å². The molecule has 0 unspecified atom stereocenters. The molecule has 4 heteroatoms. The summed E-state index contributed by atoms with van der Waals surface area (Å²) in [7, 11) is 0. The molecular formula is C10H18Cl2O2. The van der Waals surface area contributed by atoms with E-state index in [2.05, 4.69) is 0 Å². The average molecular weight is 241 g/mol. The summed E-state index contributed by atoms with van der Waals surface area (Å²) in [5.41, 5.74) is 0. The van der Waals surface area contributed by atoms with Gasteiger partial charge in [0, 0.05) is 11.8 Å². The quantitative estimate of drug-likeness (QED) is 0.481. The molecule has 14 heavy (non-hydrogen) atoms. The van der Waals surface area contributed by atoms with Crippen LogP contribution in [0.1, 0.15) is 32.6 Å². The first-order valence-electron chi connectivity index (χ1n) is 5.04. The maximum Gasteiger partial charge on any atom is 0.308 e. The van der Waals surface area contributed by atoms with E-state index in [4.69, 9.17) is 27.9 Å². The molecule has 0 rings (SSSR count). The van der Waals surface area contributed by atoms with Crippen molar-refractivity contribution >= 4 is 29.2 Å². The molecule has 0 spiro atoms. The average Bonchev–Trinajstić information content (AvgIpc) is 2.18. The van der Waals surface area contributed by atoms with Gasteiger partial charge in [-0.15, -0.1) is 23.2 Å². The van der Waals surface area contributed by atoms with Crippen molar-refractivity contribution in [2.24, 2.45) is 5.92 Å². The van der Waals surface area contributed by atoms with E-state index in [-0.39, 0.29) is 11.9 Å². The van der Waals surface area contributed by atoms with Crippen LogP contribution in [-0.4, -0.2) is 24.3 Å². The van der Waals surface area contributed by atoms with Gasteiger partial charge in [0.1, 0.15) is 0 Å². The molecule has 0 aliphatic carbocycles. The van der Waals surface area contributed by atoms with Crippen molar-refractivity contribution in [2.45, 2.75) is 32.6 Å². The van der Waals surface area contributed by atoms with E-state index in [1.54, 1.807) is 0 Å². The third-order valence-corrected chi connectivity index (χ3v) is 2.53. The van der Waals surface area contributed by atoms with Crippen LogP contribution in [-0.2, 0) is 9.53 Å². The first kappa shape index (κ1) is 14.1. The Morgan fingerprint density at radius 2 is 1.71 bits per heavy atom. The molecule has 0 heterocycles. The molecule has 0 bridgehead atoms. The Hall–Kier alpha value is 0.0500. The van der Waals surface area contributed by atoms with Crippen molar-refractivity contribution in [3.05, 3.63) is 0 Å². The summed E-state index contributed by atoms with van der Waals surface area (Å²) < 4.78 is 4.97. The van der Waals surface area contributed by atoms with Crippen molar-refractivity contribution in [1.29, 1.82) is 0 Å². The molecule has 0 amide bonds. The first-order chi connectivity index (χ1) is 6.76. The van der Waals surface area contributed by atoms with E-state index in [0.29, 0.717) is 18.4 Å². The number of hydrogen-bond donors (Lipinski definition) is 0. The van der Waals surface area contributed by atoms with Crippen LogP contribution in [0, 0.1) is 5.92 Å². The Kier molecular flexibility index (Phi) is 9.63. The molecule has 0 saturated heterocycles. The maximum atomic E-state index is 11.4. The molecule has 0 aliphatic rings. The summed E-state index contributed by atoms with van der Waals surface area (Å²) in [6.07, 6.45) is 3.32. The van der Waals surface area contributed by atoms with Crippen LogP contribution < -0.4 is 0 Å². The lowest BCUT2D eigenvalue weighted by Crippen LogP contribution is -2.18. The fraction of sp³-hybridized carbons (Fsp3) is 0.900. The fourth-order valence-corrected chi connectivity index (χ4v) is 1.60. The Morgan fingerprint density at radius 1 is 1.21 bits per heavy atom. The topological polar surface area (TPSA) is 26.3 Å². The standard InChI is InChI=1S/C10H18Cl2O2/c1-2-14-10(13)9(5-3-7-11)6-4-8-12/h9H,2-8H2,1H3. The maximum absolute atomic E-state index is 11.4. The lowest BCUT2D eigenvalue weighted by molar-refractivity contribution is -0.148. The highest BCUT2D eigenvalue weighted by Gasteiger charge is 2.18. The van der Waals surface area contributed by atoms with E-state index in [1.165, 1.54) is 0 Å². The normalized spacial score (nSPS) is 10.6. The lowest BCUT2D eigenvalue weighted by Gasteiger charge is -2.13. The van der Waals surface area contributed by atoms with Gasteiger partial charge in [0.15, 0.2) is 0 Å². The molecular weight excluding hydrogens is 223 g/mol.